The highest BCUT2D eigenvalue weighted by molar-refractivity contribution is 6.06. The van der Waals surface area contributed by atoms with E-state index >= 15 is 0 Å². The SMILES string of the molecule is Cc1ccc(N(Cc2ccco2)C(=O)c2ccc(Cn3cncn3)cc2)cc1. The molecule has 6 heteroatoms. The van der Waals surface area contributed by atoms with Crippen LogP contribution in [-0.2, 0) is 13.1 Å². The van der Waals surface area contributed by atoms with E-state index in [1.165, 1.54) is 6.33 Å². The zero-order chi connectivity index (χ0) is 19.3. The molecule has 0 N–H and O–H groups in total. The van der Waals surface area contributed by atoms with Crippen LogP contribution in [0.1, 0.15) is 27.2 Å². The highest BCUT2D eigenvalue weighted by atomic mass is 16.3. The maximum atomic E-state index is 13.2. The molecule has 6 nitrogen and oxygen atoms in total. The van der Waals surface area contributed by atoms with Crippen LogP contribution in [0.5, 0.6) is 0 Å². The molecule has 0 aliphatic carbocycles. The molecule has 0 aliphatic heterocycles. The number of rotatable bonds is 6. The summed E-state index contributed by atoms with van der Waals surface area (Å²) in [5.41, 5.74) is 3.65. The van der Waals surface area contributed by atoms with Crippen molar-refractivity contribution in [2.45, 2.75) is 20.0 Å². The number of amides is 1. The Bertz CT molecular complexity index is 1020. The van der Waals surface area contributed by atoms with Gasteiger partial charge in [-0.15, -0.1) is 0 Å². The number of benzene rings is 2. The highest BCUT2D eigenvalue weighted by Gasteiger charge is 2.19. The number of carbonyl (C=O) groups is 1. The molecule has 2 heterocycles. The second kappa shape index (κ2) is 7.92. The average Bonchev–Trinajstić information content (AvgIpc) is 3.41. The fraction of sp³-hybridized carbons (Fsp3) is 0.136. The number of aromatic nitrogens is 3. The predicted octanol–water partition coefficient (Wildman–Crippen LogP) is 4.07. The molecule has 4 aromatic rings. The van der Waals surface area contributed by atoms with Crippen LogP contribution < -0.4 is 4.90 Å². The highest BCUT2D eigenvalue weighted by Crippen LogP contribution is 2.21. The second-order valence-electron chi connectivity index (χ2n) is 6.60. The Morgan fingerprint density at radius 1 is 1.07 bits per heavy atom. The summed E-state index contributed by atoms with van der Waals surface area (Å²) in [6, 6.07) is 19.2. The minimum absolute atomic E-state index is 0.0763. The third-order valence-corrected chi connectivity index (χ3v) is 4.50. The number of carbonyl (C=O) groups excluding carboxylic acids is 1. The van der Waals surface area contributed by atoms with Crippen LogP contribution in [0.25, 0.3) is 0 Å². The summed E-state index contributed by atoms with van der Waals surface area (Å²) in [6.45, 7) is 3.01. The fourth-order valence-corrected chi connectivity index (χ4v) is 2.97. The summed E-state index contributed by atoms with van der Waals surface area (Å²) in [5, 5.41) is 4.11. The molecule has 0 aliphatic rings. The third kappa shape index (κ3) is 4.01. The van der Waals surface area contributed by atoms with Crippen molar-refractivity contribution in [1.29, 1.82) is 0 Å². The lowest BCUT2D eigenvalue weighted by atomic mass is 10.1. The Hall–Kier alpha value is -3.67. The van der Waals surface area contributed by atoms with Gasteiger partial charge in [-0.3, -0.25) is 4.79 Å². The van der Waals surface area contributed by atoms with Gasteiger partial charge in [0, 0.05) is 11.3 Å². The minimum Gasteiger partial charge on any atom is -0.467 e. The lowest BCUT2D eigenvalue weighted by Gasteiger charge is -2.22. The fourth-order valence-electron chi connectivity index (χ4n) is 2.97. The van der Waals surface area contributed by atoms with E-state index in [1.54, 1.807) is 22.2 Å². The van der Waals surface area contributed by atoms with Crippen LogP contribution in [0.15, 0.2) is 84.0 Å². The Labute approximate surface area is 163 Å². The molecule has 0 bridgehead atoms. The van der Waals surface area contributed by atoms with Crippen molar-refractivity contribution in [3.63, 3.8) is 0 Å². The first-order valence-electron chi connectivity index (χ1n) is 9.01. The molecule has 1 amide bonds. The minimum atomic E-state index is -0.0763. The van der Waals surface area contributed by atoms with Gasteiger partial charge < -0.3 is 9.32 Å². The Morgan fingerprint density at radius 2 is 1.86 bits per heavy atom. The average molecular weight is 372 g/mol. The lowest BCUT2D eigenvalue weighted by molar-refractivity contribution is 0.0983. The number of anilines is 1. The van der Waals surface area contributed by atoms with Crippen LogP contribution in [0.3, 0.4) is 0 Å². The van der Waals surface area contributed by atoms with Gasteiger partial charge in [0.25, 0.3) is 5.91 Å². The van der Waals surface area contributed by atoms with Gasteiger partial charge in [-0.2, -0.15) is 5.10 Å². The molecule has 0 spiro atoms. The van der Waals surface area contributed by atoms with Crippen LogP contribution in [0.2, 0.25) is 0 Å². The largest absolute Gasteiger partial charge is 0.467 e. The van der Waals surface area contributed by atoms with Gasteiger partial charge in [-0.1, -0.05) is 29.8 Å². The smallest absolute Gasteiger partial charge is 0.258 e. The first-order chi connectivity index (χ1) is 13.7. The van der Waals surface area contributed by atoms with E-state index in [0.29, 0.717) is 18.7 Å². The van der Waals surface area contributed by atoms with Gasteiger partial charge in [0.1, 0.15) is 18.4 Å². The number of furan rings is 1. The zero-order valence-corrected chi connectivity index (χ0v) is 15.5. The standard InChI is InChI=1S/C22H20N4O2/c1-17-4-10-20(11-5-17)26(14-21-3-2-12-28-21)22(27)19-8-6-18(7-9-19)13-25-16-23-15-24-25/h2-12,15-16H,13-14H2,1H3. The van der Waals surface area contributed by atoms with E-state index in [1.807, 2.05) is 67.6 Å². The van der Waals surface area contributed by atoms with Gasteiger partial charge in [-0.25, -0.2) is 9.67 Å². The summed E-state index contributed by atoms with van der Waals surface area (Å²) in [4.78, 5) is 18.9. The maximum Gasteiger partial charge on any atom is 0.258 e. The molecule has 0 saturated carbocycles. The lowest BCUT2D eigenvalue weighted by Crippen LogP contribution is -2.30. The zero-order valence-electron chi connectivity index (χ0n) is 15.5. The van der Waals surface area contributed by atoms with Gasteiger partial charge in [0.05, 0.1) is 19.4 Å². The molecule has 4 rings (SSSR count). The molecule has 140 valence electrons. The van der Waals surface area contributed by atoms with E-state index in [4.69, 9.17) is 4.42 Å². The maximum absolute atomic E-state index is 13.2. The summed E-state index contributed by atoms with van der Waals surface area (Å²) < 4.78 is 7.21. The summed E-state index contributed by atoms with van der Waals surface area (Å²) in [7, 11) is 0. The quantitative estimate of drug-likeness (QED) is 0.512. The van der Waals surface area contributed by atoms with Crippen molar-refractivity contribution in [2.75, 3.05) is 4.90 Å². The van der Waals surface area contributed by atoms with E-state index in [9.17, 15) is 4.79 Å². The van der Waals surface area contributed by atoms with Crippen LogP contribution >= 0.6 is 0 Å². The van der Waals surface area contributed by atoms with Crippen molar-refractivity contribution < 1.29 is 9.21 Å². The normalized spacial score (nSPS) is 10.8. The molecule has 2 aromatic carbocycles. The topological polar surface area (TPSA) is 64.2 Å². The van der Waals surface area contributed by atoms with Gasteiger partial charge in [0.2, 0.25) is 0 Å². The van der Waals surface area contributed by atoms with Crippen LogP contribution in [0, 0.1) is 6.92 Å². The molecular formula is C22H20N4O2. The van der Waals surface area contributed by atoms with Crippen molar-refractivity contribution in [2.24, 2.45) is 0 Å². The van der Waals surface area contributed by atoms with E-state index < -0.39 is 0 Å². The predicted molar refractivity (Wildman–Crippen MR) is 106 cm³/mol. The monoisotopic (exact) mass is 372 g/mol. The molecule has 0 fully saturated rings. The molecule has 0 atom stereocenters. The molecule has 0 saturated heterocycles. The van der Waals surface area contributed by atoms with Crippen molar-refractivity contribution in [3.8, 4) is 0 Å². The summed E-state index contributed by atoms with van der Waals surface area (Å²) in [6.07, 6.45) is 4.79. The number of aryl methyl sites for hydroxylation is 1. The van der Waals surface area contributed by atoms with Crippen LogP contribution in [0.4, 0.5) is 5.69 Å². The molecular weight excluding hydrogens is 352 g/mol. The molecule has 2 aromatic heterocycles. The number of hydrogen-bond donors (Lipinski definition) is 0. The third-order valence-electron chi connectivity index (χ3n) is 4.50. The Kier molecular flexibility index (Phi) is 5.01. The van der Waals surface area contributed by atoms with Gasteiger partial charge >= 0.3 is 0 Å². The van der Waals surface area contributed by atoms with E-state index in [-0.39, 0.29) is 5.91 Å². The molecule has 0 unspecified atom stereocenters. The van der Waals surface area contributed by atoms with Crippen molar-refractivity contribution in [3.05, 3.63) is 102 Å². The van der Waals surface area contributed by atoms with Gasteiger partial charge in [-0.05, 0) is 48.9 Å². The second-order valence-corrected chi connectivity index (χ2v) is 6.60. The van der Waals surface area contributed by atoms with Crippen LogP contribution in [-0.4, -0.2) is 20.7 Å². The summed E-state index contributed by atoms with van der Waals surface area (Å²) in [5.74, 6) is 0.657. The number of hydrogen-bond acceptors (Lipinski definition) is 4. The first kappa shape index (κ1) is 17.7. The first-order valence-corrected chi connectivity index (χ1v) is 9.01. The molecule has 28 heavy (non-hydrogen) atoms. The Balaban J connectivity index is 1.58. The molecule has 0 radical (unpaired) electrons. The van der Waals surface area contributed by atoms with Gasteiger partial charge in [0.15, 0.2) is 0 Å². The van der Waals surface area contributed by atoms with E-state index in [2.05, 4.69) is 10.1 Å². The summed E-state index contributed by atoms with van der Waals surface area (Å²) >= 11 is 0. The van der Waals surface area contributed by atoms with E-state index in [0.717, 1.165) is 22.6 Å². The van der Waals surface area contributed by atoms with Crippen molar-refractivity contribution in [1.82, 2.24) is 14.8 Å². The van der Waals surface area contributed by atoms with Crippen molar-refractivity contribution >= 4 is 11.6 Å². The number of nitrogens with zero attached hydrogens (tertiary/aromatic N) is 4. The Morgan fingerprint density at radius 3 is 2.50 bits per heavy atom.